The van der Waals surface area contributed by atoms with E-state index in [2.05, 4.69) is 4.72 Å². The number of carbonyl (C=O) groups is 1. The fourth-order valence-electron chi connectivity index (χ4n) is 2.46. The quantitative estimate of drug-likeness (QED) is 0.611. The van der Waals surface area contributed by atoms with E-state index in [0.29, 0.717) is 25.9 Å². The van der Waals surface area contributed by atoms with E-state index in [-0.39, 0.29) is 18.6 Å². The van der Waals surface area contributed by atoms with Crippen molar-refractivity contribution in [3.63, 3.8) is 0 Å². The van der Waals surface area contributed by atoms with E-state index >= 15 is 0 Å². The standard InChI is InChI=1S/C13H27N3O4S/c1-4-6-7-15(3)21(19,20)14-11-8-12(9-11)16(5-2)10-13(17)18/h11-12,14H,4-10H2,1-3H3,(H,17,18). The number of nitrogens with zero attached hydrogens (tertiary/aromatic N) is 2. The van der Waals surface area contributed by atoms with Crippen LogP contribution in [0.2, 0.25) is 0 Å². The molecule has 0 aromatic carbocycles. The third-order valence-electron chi connectivity index (χ3n) is 3.93. The molecule has 1 saturated carbocycles. The van der Waals surface area contributed by atoms with E-state index < -0.39 is 16.2 Å². The average molecular weight is 321 g/mol. The Labute approximate surface area is 127 Å². The Balaban J connectivity index is 2.41. The van der Waals surface area contributed by atoms with Gasteiger partial charge >= 0.3 is 5.97 Å². The first-order valence-electron chi connectivity index (χ1n) is 7.49. The highest BCUT2D eigenvalue weighted by atomic mass is 32.2. The number of carboxylic acids is 1. The van der Waals surface area contributed by atoms with E-state index in [1.54, 1.807) is 7.05 Å². The van der Waals surface area contributed by atoms with Crippen LogP contribution in [0, 0.1) is 0 Å². The number of rotatable bonds is 10. The molecule has 1 aliphatic carbocycles. The Morgan fingerprint density at radius 1 is 1.33 bits per heavy atom. The fourth-order valence-corrected chi connectivity index (χ4v) is 3.62. The third kappa shape index (κ3) is 5.54. The molecule has 8 heteroatoms. The van der Waals surface area contributed by atoms with Crippen LogP contribution in [0.3, 0.4) is 0 Å². The second-order valence-corrected chi connectivity index (χ2v) is 7.39. The van der Waals surface area contributed by atoms with Gasteiger partial charge in [0.25, 0.3) is 10.2 Å². The zero-order valence-electron chi connectivity index (χ0n) is 13.1. The smallest absolute Gasteiger partial charge is 0.317 e. The molecule has 0 radical (unpaired) electrons. The van der Waals surface area contributed by atoms with E-state index in [4.69, 9.17) is 5.11 Å². The molecule has 1 rings (SSSR count). The molecule has 7 nitrogen and oxygen atoms in total. The summed E-state index contributed by atoms with van der Waals surface area (Å²) in [6.45, 7) is 5.12. The number of hydrogen-bond acceptors (Lipinski definition) is 4. The van der Waals surface area contributed by atoms with Crippen molar-refractivity contribution in [2.45, 2.75) is 51.6 Å². The molecule has 0 saturated heterocycles. The van der Waals surface area contributed by atoms with E-state index in [0.717, 1.165) is 12.8 Å². The van der Waals surface area contributed by atoms with Gasteiger partial charge < -0.3 is 5.11 Å². The second-order valence-electron chi connectivity index (χ2n) is 5.58. The monoisotopic (exact) mass is 321 g/mol. The van der Waals surface area contributed by atoms with Gasteiger partial charge in [-0.1, -0.05) is 20.3 Å². The topological polar surface area (TPSA) is 90.0 Å². The second kappa shape index (κ2) is 8.07. The number of likely N-dealkylation sites (N-methyl/N-ethyl adjacent to an activating group) is 1. The maximum absolute atomic E-state index is 12.1. The zero-order valence-corrected chi connectivity index (χ0v) is 13.9. The molecule has 21 heavy (non-hydrogen) atoms. The molecule has 0 heterocycles. The average Bonchev–Trinajstić information content (AvgIpc) is 2.37. The summed E-state index contributed by atoms with van der Waals surface area (Å²) in [6.07, 6.45) is 3.13. The first-order chi connectivity index (χ1) is 9.80. The maximum atomic E-state index is 12.1. The molecule has 0 amide bonds. The minimum Gasteiger partial charge on any atom is -0.480 e. The lowest BCUT2D eigenvalue weighted by Crippen LogP contribution is -2.56. The highest BCUT2D eigenvalue weighted by Crippen LogP contribution is 2.26. The first-order valence-corrected chi connectivity index (χ1v) is 8.93. The van der Waals surface area contributed by atoms with Crippen LogP contribution in [-0.2, 0) is 15.0 Å². The van der Waals surface area contributed by atoms with Crippen molar-refractivity contribution in [1.29, 1.82) is 0 Å². The summed E-state index contributed by atoms with van der Waals surface area (Å²) in [6, 6.07) is 0.0617. The molecule has 0 bridgehead atoms. The van der Waals surface area contributed by atoms with Gasteiger partial charge in [-0.15, -0.1) is 0 Å². The normalized spacial score (nSPS) is 22.5. The Bertz CT molecular complexity index is 435. The lowest BCUT2D eigenvalue weighted by Gasteiger charge is -2.42. The summed E-state index contributed by atoms with van der Waals surface area (Å²) in [4.78, 5) is 12.6. The molecule has 0 aromatic rings. The number of aliphatic carboxylic acids is 1. The lowest BCUT2D eigenvalue weighted by molar-refractivity contribution is -0.139. The highest BCUT2D eigenvalue weighted by Gasteiger charge is 2.36. The van der Waals surface area contributed by atoms with Crippen molar-refractivity contribution in [2.75, 3.05) is 26.7 Å². The molecule has 1 fully saturated rings. The number of hydrogen-bond donors (Lipinski definition) is 2. The molecular weight excluding hydrogens is 294 g/mol. The van der Waals surface area contributed by atoms with Gasteiger partial charge in [0.05, 0.1) is 6.54 Å². The number of carboxylic acid groups (broad SMARTS) is 1. The van der Waals surface area contributed by atoms with E-state index in [9.17, 15) is 13.2 Å². The minimum absolute atomic E-state index is 0.0110. The summed E-state index contributed by atoms with van der Waals surface area (Å²) in [7, 11) is -1.84. The van der Waals surface area contributed by atoms with Crippen LogP contribution >= 0.6 is 0 Å². The van der Waals surface area contributed by atoms with Gasteiger partial charge in [-0.25, -0.2) is 0 Å². The minimum atomic E-state index is -3.42. The van der Waals surface area contributed by atoms with Crippen molar-refractivity contribution < 1.29 is 18.3 Å². The summed E-state index contributed by atoms with van der Waals surface area (Å²) < 4.78 is 28.2. The molecule has 0 spiro atoms. The van der Waals surface area contributed by atoms with Crippen LogP contribution in [0.25, 0.3) is 0 Å². The molecule has 0 atom stereocenters. The van der Waals surface area contributed by atoms with Crippen LogP contribution in [0.5, 0.6) is 0 Å². The maximum Gasteiger partial charge on any atom is 0.317 e. The van der Waals surface area contributed by atoms with Gasteiger partial charge in [0.15, 0.2) is 0 Å². The van der Waals surface area contributed by atoms with Crippen molar-refractivity contribution in [1.82, 2.24) is 13.9 Å². The predicted octanol–water partition coefficient (Wildman–Crippen LogP) is 0.490. The number of unbranched alkanes of at least 4 members (excludes halogenated alkanes) is 1. The Kier molecular flexibility index (Phi) is 7.05. The van der Waals surface area contributed by atoms with Crippen LogP contribution in [0.15, 0.2) is 0 Å². The van der Waals surface area contributed by atoms with Gasteiger partial charge in [-0.3, -0.25) is 9.69 Å². The highest BCUT2D eigenvalue weighted by molar-refractivity contribution is 7.87. The Morgan fingerprint density at radius 2 is 1.95 bits per heavy atom. The van der Waals surface area contributed by atoms with Gasteiger partial charge in [0.1, 0.15) is 0 Å². The van der Waals surface area contributed by atoms with Crippen molar-refractivity contribution >= 4 is 16.2 Å². The summed E-state index contributed by atoms with van der Waals surface area (Å²) in [5, 5.41) is 8.83. The molecule has 2 N–H and O–H groups in total. The van der Waals surface area contributed by atoms with Crippen LogP contribution in [-0.4, -0.2) is 67.5 Å². The van der Waals surface area contributed by atoms with Crippen molar-refractivity contribution in [3.8, 4) is 0 Å². The van der Waals surface area contributed by atoms with Crippen LogP contribution in [0.1, 0.15) is 39.5 Å². The Hall–Kier alpha value is -0.700. The largest absolute Gasteiger partial charge is 0.480 e. The van der Waals surface area contributed by atoms with Crippen molar-refractivity contribution in [3.05, 3.63) is 0 Å². The lowest BCUT2D eigenvalue weighted by atomic mass is 9.86. The SMILES string of the molecule is CCCCN(C)S(=O)(=O)NC1CC(N(CC)CC(=O)O)C1. The van der Waals surface area contributed by atoms with Crippen molar-refractivity contribution in [2.24, 2.45) is 0 Å². The van der Waals surface area contributed by atoms with E-state index in [1.165, 1.54) is 4.31 Å². The third-order valence-corrected chi connectivity index (χ3v) is 5.56. The summed E-state index contributed by atoms with van der Waals surface area (Å²) in [5.74, 6) is -0.847. The van der Waals surface area contributed by atoms with Gasteiger partial charge in [-0.05, 0) is 25.8 Å². The predicted molar refractivity (Wildman–Crippen MR) is 81.3 cm³/mol. The zero-order chi connectivity index (χ0) is 16.0. The van der Waals surface area contributed by atoms with Crippen LogP contribution < -0.4 is 4.72 Å². The molecule has 0 aliphatic heterocycles. The fraction of sp³-hybridized carbons (Fsp3) is 0.923. The Morgan fingerprint density at radius 3 is 2.43 bits per heavy atom. The first kappa shape index (κ1) is 18.3. The van der Waals surface area contributed by atoms with Gasteiger partial charge in [0, 0.05) is 25.7 Å². The molecular formula is C13H27N3O4S. The van der Waals surface area contributed by atoms with Crippen LogP contribution in [0.4, 0.5) is 0 Å². The van der Waals surface area contributed by atoms with Gasteiger partial charge in [-0.2, -0.15) is 17.4 Å². The molecule has 124 valence electrons. The van der Waals surface area contributed by atoms with E-state index in [1.807, 2.05) is 18.7 Å². The molecule has 0 aromatic heterocycles. The molecule has 0 unspecified atom stereocenters. The van der Waals surface area contributed by atoms with Gasteiger partial charge in [0.2, 0.25) is 0 Å². The summed E-state index contributed by atoms with van der Waals surface area (Å²) >= 11 is 0. The number of nitrogens with one attached hydrogen (secondary N) is 1. The molecule has 1 aliphatic rings. The summed E-state index contributed by atoms with van der Waals surface area (Å²) in [5.41, 5.74) is 0.